The lowest BCUT2D eigenvalue weighted by Crippen LogP contribution is -2.56. The standard InChI is InChI=1S/C31H38ClN3O5/c1-17(2)14-21(16-36)35-26(28(38)34-25-18(3)10-9-13-22(25)32)31-15-19(4)30(5,40-31)23(24(31)29(35)39)27(37)33-20-11-7-6-8-12-20/h6-13,17,19,21,23-24,26,36H,14-16H2,1-5H3,(H,33,37)(H,34,38)/t19?,21-,23-,24+,26?,30+,31?/m1/s1. The Kier molecular flexibility index (Phi) is 7.48. The molecule has 3 aliphatic heterocycles. The number of carbonyl (C=O) groups is 3. The van der Waals surface area contributed by atoms with Gasteiger partial charge >= 0.3 is 0 Å². The van der Waals surface area contributed by atoms with Gasteiger partial charge in [0, 0.05) is 5.69 Å². The molecule has 0 radical (unpaired) electrons. The first-order valence-corrected chi connectivity index (χ1v) is 14.4. The summed E-state index contributed by atoms with van der Waals surface area (Å²) in [6.45, 7) is 9.43. The topological polar surface area (TPSA) is 108 Å². The first-order chi connectivity index (χ1) is 18.9. The molecule has 0 aliphatic carbocycles. The van der Waals surface area contributed by atoms with E-state index in [1.807, 2.05) is 58.9 Å². The molecular formula is C31H38ClN3O5. The summed E-state index contributed by atoms with van der Waals surface area (Å²) in [6.07, 6.45) is 0.929. The molecule has 3 heterocycles. The van der Waals surface area contributed by atoms with Crippen LogP contribution in [0.4, 0.5) is 11.4 Å². The molecule has 8 nitrogen and oxygen atoms in total. The van der Waals surface area contributed by atoms with E-state index in [-0.39, 0.29) is 30.3 Å². The van der Waals surface area contributed by atoms with Gasteiger partial charge in [-0.2, -0.15) is 0 Å². The van der Waals surface area contributed by atoms with E-state index in [1.54, 1.807) is 24.3 Å². The van der Waals surface area contributed by atoms with Crippen molar-refractivity contribution in [3.8, 4) is 0 Å². The average molecular weight is 568 g/mol. The molecule has 2 bridgehead atoms. The molecule has 3 amide bonds. The van der Waals surface area contributed by atoms with Crippen LogP contribution in [0, 0.1) is 30.6 Å². The molecule has 2 aromatic carbocycles. The van der Waals surface area contributed by atoms with Crippen LogP contribution < -0.4 is 10.6 Å². The smallest absolute Gasteiger partial charge is 0.250 e. The van der Waals surface area contributed by atoms with Crippen LogP contribution in [0.5, 0.6) is 0 Å². The number of aliphatic hydroxyl groups excluding tert-OH is 1. The van der Waals surface area contributed by atoms with Gasteiger partial charge in [-0.05, 0) is 62.3 Å². The third kappa shape index (κ3) is 4.41. The predicted molar refractivity (Wildman–Crippen MR) is 154 cm³/mol. The van der Waals surface area contributed by atoms with Gasteiger partial charge in [0.2, 0.25) is 17.7 Å². The van der Waals surface area contributed by atoms with Crippen LogP contribution in [-0.2, 0) is 19.1 Å². The Morgan fingerprint density at radius 1 is 1.12 bits per heavy atom. The number of nitrogens with zero attached hydrogens (tertiary/aromatic N) is 1. The molecule has 3 saturated heterocycles. The number of carbonyl (C=O) groups excluding carboxylic acids is 3. The lowest BCUT2D eigenvalue weighted by Gasteiger charge is -2.37. The number of fused-ring (bicyclic) bond motifs is 1. The highest BCUT2D eigenvalue weighted by Crippen LogP contribution is 2.65. The number of para-hydroxylation sites is 2. The van der Waals surface area contributed by atoms with E-state index in [0.29, 0.717) is 29.2 Å². The first-order valence-electron chi connectivity index (χ1n) is 14.0. The summed E-state index contributed by atoms with van der Waals surface area (Å²) in [5.74, 6) is -2.71. The number of amides is 3. The van der Waals surface area contributed by atoms with Gasteiger partial charge in [-0.25, -0.2) is 0 Å². The van der Waals surface area contributed by atoms with Crippen LogP contribution >= 0.6 is 11.6 Å². The van der Waals surface area contributed by atoms with Gasteiger partial charge in [0.05, 0.1) is 40.8 Å². The Morgan fingerprint density at radius 3 is 2.45 bits per heavy atom. The summed E-state index contributed by atoms with van der Waals surface area (Å²) < 4.78 is 6.79. The van der Waals surface area contributed by atoms with Gasteiger partial charge < -0.3 is 25.4 Å². The number of aryl methyl sites for hydroxylation is 1. The van der Waals surface area contributed by atoms with E-state index in [9.17, 15) is 19.5 Å². The number of benzene rings is 2. The highest BCUT2D eigenvalue weighted by molar-refractivity contribution is 6.34. The van der Waals surface area contributed by atoms with Crippen molar-refractivity contribution in [3.05, 3.63) is 59.1 Å². The maximum Gasteiger partial charge on any atom is 0.250 e. The highest BCUT2D eigenvalue weighted by atomic mass is 35.5. The predicted octanol–water partition coefficient (Wildman–Crippen LogP) is 4.64. The zero-order valence-corrected chi connectivity index (χ0v) is 24.4. The number of halogens is 1. The molecule has 3 aliphatic rings. The quantitative estimate of drug-likeness (QED) is 0.430. The molecule has 3 fully saturated rings. The third-order valence-electron chi connectivity index (χ3n) is 9.14. The molecule has 5 rings (SSSR count). The molecule has 3 unspecified atom stereocenters. The molecule has 1 spiro atoms. The van der Waals surface area contributed by atoms with Crippen molar-refractivity contribution in [3.63, 3.8) is 0 Å². The Hall–Kier alpha value is -2.94. The second-order valence-corrected chi connectivity index (χ2v) is 12.6. The Labute approximate surface area is 240 Å². The van der Waals surface area contributed by atoms with Gasteiger partial charge in [-0.15, -0.1) is 0 Å². The van der Waals surface area contributed by atoms with Crippen molar-refractivity contribution in [1.29, 1.82) is 0 Å². The molecule has 9 heteroatoms. The zero-order valence-electron chi connectivity index (χ0n) is 23.6. The number of aliphatic hydroxyl groups is 1. The third-order valence-corrected chi connectivity index (χ3v) is 9.46. The summed E-state index contributed by atoms with van der Waals surface area (Å²) in [5, 5.41) is 16.8. The highest BCUT2D eigenvalue weighted by Gasteiger charge is 2.80. The largest absolute Gasteiger partial charge is 0.394 e. The molecule has 40 heavy (non-hydrogen) atoms. The van der Waals surface area contributed by atoms with E-state index in [2.05, 4.69) is 10.6 Å². The van der Waals surface area contributed by atoms with Crippen LogP contribution in [-0.4, -0.2) is 57.6 Å². The van der Waals surface area contributed by atoms with E-state index in [0.717, 1.165) is 5.56 Å². The maximum absolute atomic E-state index is 14.4. The van der Waals surface area contributed by atoms with E-state index in [1.165, 1.54) is 4.90 Å². The molecule has 0 saturated carbocycles. The number of ether oxygens (including phenoxy) is 1. The van der Waals surface area contributed by atoms with Gasteiger partial charge in [0.15, 0.2) is 0 Å². The van der Waals surface area contributed by atoms with Crippen molar-refractivity contribution in [2.24, 2.45) is 23.7 Å². The van der Waals surface area contributed by atoms with Crippen molar-refractivity contribution in [1.82, 2.24) is 4.90 Å². The Bertz CT molecular complexity index is 1300. The number of hydrogen-bond acceptors (Lipinski definition) is 5. The van der Waals surface area contributed by atoms with Crippen LogP contribution in [0.2, 0.25) is 5.02 Å². The Morgan fingerprint density at radius 2 is 1.82 bits per heavy atom. The van der Waals surface area contributed by atoms with Crippen LogP contribution in [0.1, 0.15) is 46.1 Å². The van der Waals surface area contributed by atoms with E-state index in [4.69, 9.17) is 16.3 Å². The fraction of sp³-hybridized carbons (Fsp3) is 0.516. The molecular weight excluding hydrogens is 530 g/mol. The number of anilines is 2. The summed E-state index contributed by atoms with van der Waals surface area (Å²) in [7, 11) is 0. The second kappa shape index (κ2) is 10.5. The van der Waals surface area contributed by atoms with Gasteiger partial charge in [0.25, 0.3) is 0 Å². The molecule has 3 N–H and O–H groups in total. The van der Waals surface area contributed by atoms with Crippen molar-refractivity contribution < 1.29 is 24.2 Å². The van der Waals surface area contributed by atoms with Gasteiger partial charge in [0.1, 0.15) is 11.6 Å². The summed E-state index contributed by atoms with van der Waals surface area (Å²) in [5.41, 5.74) is -0.302. The maximum atomic E-state index is 14.4. The molecule has 2 aromatic rings. The summed E-state index contributed by atoms with van der Waals surface area (Å²) in [4.78, 5) is 44.1. The molecule has 7 atom stereocenters. The van der Waals surface area contributed by atoms with Crippen LogP contribution in [0.15, 0.2) is 48.5 Å². The Balaban J connectivity index is 1.59. The molecule has 214 valence electrons. The zero-order chi connectivity index (χ0) is 29.0. The number of nitrogens with one attached hydrogen (secondary N) is 2. The lowest BCUT2D eigenvalue weighted by atomic mass is 9.62. The fourth-order valence-corrected chi connectivity index (χ4v) is 7.58. The first kappa shape index (κ1) is 28.6. The summed E-state index contributed by atoms with van der Waals surface area (Å²) in [6, 6.07) is 12.8. The van der Waals surface area contributed by atoms with Crippen LogP contribution in [0.3, 0.4) is 0 Å². The van der Waals surface area contributed by atoms with Crippen LogP contribution in [0.25, 0.3) is 0 Å². The van der Waals surface area contributed by atoms with Gasteiger partial charge in [-0.1, -0.05) is 62.7 Å². The average Bonchev–Trinajstić information content (AvgIpc) is 3.42. The van der Waals surface area contributed by atoms with Crippen molar-refractivity contribution in [2.45, 2.75) is 70.7 Å². The van der Waals surface area contributed by atoms with Gasteiger partial charge in [-0.3, -0.25) is 14.4 Å². The number of likely N-dealkylation sites (tertiary alicyclic amines) is 1. The minimum atomic E-state index is -1.23. The molecule has 0 aromatic heterocycles. The normalized spacial score (nSPS) is 31.4. The van der Waals surface area contributed by atoms with E-state index < -0.39 is 41.0 Å². The monoisotopic (exact) mass is 567 g/mol. The summed E-state index contributed by atoms with van der Waals surface area (Å²) >= 11 is 6.46. The minimum absolute atomic E-state index is 0.0990. The SMILES string of the molecule is Cc1cccc(Cl)c1NC(=O)C1N([C@@H](CO)CC(C)C)C(=O)[C@@H]2[C@H](C(=O)Nc3ccccc3)[C@@]3(C)OC12CC3C. The number of hydrogen-bond donors (Lipinski definition) is 3. The fourth-order valence-electron chi connectivity index (χ4n) is 7.31. The second-order valence-electron chi connectivity index (χ2n) is 12.2. The minimum Gasteiger partial charge on any atom is -0.394 e. The van der Waals surface area contributed by atoms with Crippen molar-refractivity contribution >= 4 is 40.7 Å². The van der Waals surface area contributed by atoms with Crippen molar-refractivity contribution in [2.75, 3.05) is 17.2 Å². The lowest BCUT2D eigenvalue weighted by molar-refractivity contribution is -0.148. The number of rotatable bonds is 8. The van der Waals surface area contributed by atoms with E-state index >= 15 is 0 Å².